The van der Waals surface area contributed by atoms with Gasteiger partial charge >= 0.3 is 0 Å². The van der Waals surface area contributed by atoms with Crippen LogP contribution < -0.4 is 0 Å². The molecule has 102 valence electrons. The molecule has 0 aromatic heterocycles. The third kappa shape index (κ3) is 4.03. The van der Waals surface area contributed by atoms with Crippen LogP contribution in [0.25, 0.3) is 0 Å². The lowest BCUT2D eigenvalue weighted by Crippen LogP contribution is -2.31. The second-order valence-corrected chi connectivity index (χ2v) is 4.11. The largest absolute Gasteiger partial charge is 0.386 e. The van der Waals surface area contributed by atoms with Crippen molar-refractivity contribution in [3.05, 3.63) is 24.3 Å². The van der Waals surface area contributed by atoms with E-state index in [9.17, 15) is 9.90 Å². The van der Waals surface area contributed by atoms with Crippen LogP contribution in [0.1, 0.15) is 6.42 Å². The molecule has 1 aliphatic rings. The van der Waals surface area contributed by atoms with Crippen molar-refractivity contribution in [1.82, 2.24) is 0 Å². The molecule has 0 aliphatic heterocycles. The van der Waals surface area contributed by atoms with E-state index in [0.717, 1.165) is 0 Å². The van der Waals surface area contributed by atoms with Crippen LogP contribution in [0.2, 0.25) is 0 Å². The van der Waals surface area contributed by atoms with Crippen LogP contribution >= 0.6 is 0 Å². The molecule has 5 heteroatoms. The summed E-state index contributed by atoms with van der Waals surface area (Å²) in [6.07, 6.45) is 5.71. The Labute approximate surface area is 107 Å². The minimum Gasteiger partial charge on any atom is -0.386 e. The van der Waals surface area contributed by atoms with Gasteiger partial charge in [-0.25, -0.2) is 0 Å². The summed E-state index contributed by atoms with van der Waals surface area (Å²) in [6.45, 7) is 0. The molecule has 0 saturated carbocycles. The molecule has 0 fully saturated rings. The van der Waals surface area contributed by atoms with E-state index in [1.807, 2.05) is 6.08 Å². The zero-order valence-corrected chi connectivity index (χ0v) is 10.9. The Morgan fingerprint density at radius 2 is 2.00 bits per heavy atom. The summed E-state index contributed by atoms with van der Waals surface area (Å²) in [7, 11) is 4.39. The molecule has 5 nitrogen and oxygen atoms in total. The highest BCUT2D eigenvalue weighted by Crippen LogP contribution is 2.21. The van der Waals surface area contributed by atoms with E-state index in [-0.39, 0.29) is 17.8 Å². The Morgan fingerprint density at radius 1 is 1.33 bits per heavy atom. The van der Waals surface area contributed by atoms with Crippen molar-refractivity contribution in [2.45, 2.75) is 24.9 Å². The van der Waals surface area contributed by atoms with Gasteiger partial charge in [0.1, 0.15) is 0 Å². The van der Waals surface area contributed by atoms with Gasteiger partial charge in [-0.15, -0.1) is 0 Å². The number of methoxy groups -OCH3 is 3. The fraction of sp³-hybridized carbons (Fsp3) is 0.615. The predicted molar refractivity (Wildman–Crippen MR) is 66.0 cm³/mol. The van der Waals surface area contributed by atoms with Crippen molar-refractivity contribution in [1.29, 1.82) is 0 Å². The number of carbonyl (C=O) groups is 1. The summed E-state index contributed by atoms with van der Waals surface area (Å²) in [5.74, 6) is -0.176. The topological polar surface area (TPSA) is 65.0 Å². The Kier molecular flexibility index (Phi) is 6.21. The number of ether oxygens (including phenoxy) is 3. The van der Waals surface area contributed by atoms with Crippen molar-refractivity contribution in [2.75, 3.05) is 21.3 Å². The SMILES string of the molecule is COC(OC)C(=O)/C=C/C1C=CC(O)C(OC)C1. The van der Waals surface area contributed by atoms with Gasteiger partial charge in [0.15, 0.2) is 0 Å². The highest BCUT2D eigenvalue weighted by molar-refractivity contribution is 5.92. The predicted octanol–water partition coefficient (Wildman–Crippen LogP) is 0.683. The molecule has 0 saturated heterocycles. The first-order valence-corrected chi connectivity index (χ1v) is 5.79. The zero-order chi connectivity index (χ0) is 13.5. The minimum atomic E-state index is -0.863. The number of ketones is 1. The fourth-order valence-corrected chi connectivity index (χ4v) is 1.87. The molecule has 3 unspecified atom stereocenters. The number of carbonyl (C=O) groups excluding carboxylic acids is 1. The highest BCUT2D eigenvalue weighted by atomic mass is 16.7. The maximum absolute atomic E-state index is 11.6. The van der Waals surface area contributed by atoms with Crippen LogP contribution in [0.4, 0.5) is 0 Å². The van der Waals surface area contributed by atoms with E-state index < -0.39 is 12.4 Å². The van der Waals surface area contributed by atoms with Gasteiger partial charge in [0.05, 0.1) is 12.2 Å². The number of aliphatic hydroxyl groups excluding tert-OH is 1. The van der Waals surface area contributed by atoms with Crippen molar-refractivity contribution >= 4 is 5.78 Å². The minimum absolute atomic E-state index is 0.0664. The van der Waals surface area contributed by atoms with E-state index in [2.05, 4.69) is 0 Å². The molecule has 0 aromatic rings. The Hall–Kier alpha value is -1.01. The molecule has 0 radical (unpaired) electrons. The molecule has 0 bridgehead atoms. The van der Waals surface area contributed by atoms with Gasteiger partial charge < -0.3 is 19.3 Å². The van der Waals surface area contributed by atoms with Crippen molar-refractivity contribution in [2.24, 2.45) is 5.92 Å². The van der Waals surface area contributed by atoms with Crippen LogP contribution in [0, 0.1) is 5.92 Å². The van der Waals surface area contributed by atoms with Gasteiger partial charge in [-0.2, -0.15) is 0 Å². The van der Waals surface area contributed by atoms with E-state index in [1.165, 1.54) is 20.3 Å². The van der Waals surface area contributed by atoms with Crippen LogP contribution in [-0.2, 0) is 19.0 Å². The van der Waals surface area contributed by atoms with E-state index in [4.69, 9.17) is 14.2 Å². The van der Waals surface area contributed by atoms with Crippen LogP contribution in [0.15, 0.2) is 24.3 Å². The van der Waals surface area contributed by atoms with Gasteiger partial charge in [0, 0.05) is 21.3 Å². The first-order valence-electron chi connectivity index (χ1n) is 5.79. The van der Waals surface area contributed by atoms with Crippen molar-refractivity contribution < 1.29 is 24.1 Å². The maximum Gasteiger partial charge on any atom is 0.221 e. The lowest BCUT2D eigenvalue weighted by Gasteiger charge is -2.26. The standard InChI is InChI=1S/C13H20O5/c1-16-12-8-9(4-6-10(12)14)5-7-11(15)13(17-2)18-3/h4-7,9-10,12-14H,8H2,1-3H3/b7-5+. The number of aliphatic hydroxyl groups is 1. The Morgan fingerprint density at radius 3 is 2.56 bits per heavy atom. The first-order chi connectivity index (χ1) is 8.62. The second kappa shape index (κ2) is 7.43. The monoisotopic (exact) mass is 256 g/mol. The molecular formula is C13H20O5. The third-order valence-corrected chi connectivity index (χ3v) is 2.91. The van der Waals surface area contributed by atoms with Gasteiger partial charge in [-0.05, 0) is 18.4 Å². The van der Waals surface area contributed by atoms with Gasteiger partial charge in [-0.1, -0.05) is 18.2 Å². The molecule has 1 N–H and O–H groups in total. The van der Waals surface area contributed by atoms with Crippen molar-refractivity contribution in [3.63, 3.8) is 0 Å². The molecule has 0 spiro atoms. The van der Waals surface area contributed by atoms with Crippen LogP contribution in [-0.4, -0.2) is 50.7 Å². The fourth-order valence-electron chi connectivity index (χ4n) is 1.87. The molecular weight excluding hydrogens is 236 g/mol. The van der Waals surface area contributed by atoms with E-state index in [0.29, 0.717) is 6.42 Å². The highest BCUT2D eigenvalue weighted by Gasteiger charge is 2.23. The summed E-state index contributed by atoms with van der Waals surface area (Å²) in [6, 6.07) is 0. The first kappa shape index (κ1) is 15.0. The third-order valence-electron chi connectivity index (χ3n) is 2.91. The Bertz CT molecular complexity index is 319. The summed E-state index contributed by atoms with van der Waals surface area (Å²) >= 11 is 0. The normalized spacial score (nSPS) is 28.2. The summed E-state index contributed by atoms with van der Waals surface area (Å²) in [4.78, 5) is 11.6. The maximum atomic E-state index is 11.6. The van der Waals surface area contributed by atoms with E-state index in [1.54, 1.807) is 19.3 Å². The average molecular weight is 256 g/mol. The number of rotatable bonds is 6. The smallest absolute Gasteiger partial charge is 0.221 e. The zero-order valence-electron chi connectivity index (χ0n) is 10.9. The van der Waals surface area contributed by atoms with E-state index >= 15 is 0 Å². The van der Waals surface area contributed by atoms with Crippen LogP contribution in [0.3, 0.4) is 0 Å². The van der Waals surface area contributed by atoms with Crippen molar-refractivity contribution in [3.8, 4) is 0 Å². The molecule has 1 rings (SSSR count). The summed E-state index contributed by atoms with van der Waals surface area (Å²) in [5, 5.41) is 9.59. The molecule has 0 heterocycles. The average Bonchev–Trinajstić information content (AvgIpc) is 2.39. The number of allylic oxidation sites excluding steroid dienone is 2. The number of hydrogen-bond acceptors (Lipinski definition) is 5. The lowest BCUT2D eigenvalue weighted by atomic mass is 9.91. The molecule has 0 aromatic carbocycles. The molecule has 1 aliphatic carbocycles. The molecule has 18 heavy (non-hydrogen) atoms. The van der Waals surface area contributed by atoms with Crippen LogP contribution in [0.5, 0.6) is 0 Å². The van der Waals surface area contributed by atoms with Gasteiger partial charge in [0.25, 0.3) is 0 Å². The quantitative estimate of drug-likeness (QED) is 0.430. The Balaban J connectivity index is 2.57. The molecule has 3 atom stereocenters. The molecule has 0 amide bonds. The lowest BCUT2D eigenvalue weighted by molar-refractivity contribution is -0.151. The van der Waals surface area contributed by atoms with Gasteiger partial charge in [-0.3, -0.25) is 4.79 Å². The second-order valence-electron chi connectivity index (χ2n) is 4.11. The van der Waals surface area contributed by atoms with Gasteiger partial charge in [0.2, 0.25) is 12.1 Å². The number of hydrogen-bond donors (Lipinski definition) is 1. The summed E-state index contributed by atoms with van der Waals surface area (Å²) < 4.78 is 14.9. The summed E-state index contributed by atoms with van der Waals surface area (Å²) in [5.41, 5.74) is 0.